The van der Waals surface area contributed by atoms with Crippen molar-refractivity contribution in [1.29, 1.82) is 0 Å². The summed E-state index contributed by atoms with van der Waals surface area (Å²) < 4.78 is 25.1. The number of anilines is 1. The summed E-state index contributed by atoms with van der Waals surface area (Å²) in [6.45, 7) is 6.14. The van der Waals surface area contributed by atoms with Crippen molar-refractivity contribution in [1.82, 2.24) is 5.43 Å². The Morgan fingerprint density at radius 3 is 2.45 bits per heavy atom. The zero-order valence-corrected chi connectivity index (χ0v) is 18.0. The Hall–Kier alpha value is -2.49. The molecular formula is C19H28N4O5S. The first-order valence-corrected chi connectivity index (χ1v) is 11.3. The van der Waals surface area contributed by atoms with Gasteiger partial charge >= 0.3 is 0 Å². The molecular weight excluding hydrogens is 396 g/mol. The van der Waals surface area contributed by atoms with Crippen molar-refractivity contribution >= 4 is 33.0 Å². The zero-order valence-electron chi connectivity index (χ0n) is 17.2. The van der Waals surface area contributed by atoms with Gasteiger partial charge < -0.3 is 0 Å². The molecule has 29 heavy (non-hydrogen) atoms. The van der Waals surface area contributed by atoms with E-state index < -0.39 is 27.4 Å². The normalized spacial score (nSPS) is 17.5. The van der Waals surface area contributed by atoms with Crippen molar-refractivity contribution in [3.05, 3.63) is 34.4 Å². The second-order valence-electron chi connectivity index (χ2n) is 8.40. The quantitative estimate of drug-likeness (QED) is 0.555. The first kappa shape index (κ1) is 22.8. The van der Waals surface area contributed by atoms with Gasteiger partial charge in [-0.25, -0.2) is 13.8 Å². The van der Waals surface area contributed by atoms with Crippen LogP contribution in [0, 0.1) is 21.4 Å². The van der Waals surface area contributed by atoms with E-state index in [4.69, 9.17) is 0 Å². The molecule has 1 saturated carbocycles. The average molecular weight is 425 g/mol. The lowest BCUT2D eigenvalue weighted by molar-refractivity contribution is -0.384. The molecule has 0 saturated heterocycles. The minimum absolute atomic E-state index is 0.0511. The largest absolute Gasteiger partial charge is 0.271 e. The Morgan fingerprint density at radius 2 is 1.93 bits per heavy atom. The van der Waals surface area contributed by atoms with Crippen LogP contribution in [0.25, 0.3) is 0 Å². The van der Waals surface area contributed by atoms with E-state index in [1.165, 1.54) is 18.2 Å². The van der Waals surface area contributed by atoms with Gasteiger partial charge in [-0.3, -0.25) is 19.2 Å². The molecule has 0 spiro atoms. The Balaban J connectivity index is 2.05. The number of amides is 1. The molecule has 1 aromatic carbocycles. The van der Waals surface area contributed by atoms with Crippen molar-refractivity contribution in [2.24, 2.45) is 16.4 Å². The van der Waals surface area contributed by atoms with Crippen LogP contribution >= 0.6 is 0 Å². The van der Waals surface area contributed by atoms with Gasteiger partial charge in [0.1, 0.15) is 6.54 Å². The third kappa shape index (κ3) is 6.52. The van der Waals surface area contributed by atoms with Crippen molar-refractivity contribution in [3.63, 3.8) is 0 Å². The summed E-state index contributed by atoms with van der Waals surface area (Å²) >= 11 is 0. The van der Waals surface area contributed by atoms with Gasteiger partial charge in [0.25, 0.3) is 11.6 Å². The van der Waals surface area contributed by atoms with Crippen LogP contribution in [0.15, 0.2) is 29.4 Å². The highest BCUT2D eigenvalue weighted by Gasteiger charge is 2.28. The lowest BCUT2D eigenvalue weighted by Gasteiger charge is -2.34. The smallest absolute Gasteiger partial charge is 0.271 e. The number of hydrogen-bond donors (Lipinski definition) is 1. The van der Waals surface area contributed by atoms with Crippen molar-refractivity contribution < 1.29 is 18.1 Å². The summed E-state index contributed by atoms with van der Waals surface area (Å²) in [5.74, 6) is -0.000810. The second kappa shape index (κ2) is 8.89. The second-order valence-corrected chi connectivity index (χ2v) is 10.3. The summed E-state index contributed by atoms with van der Waals surface area (Å²) in [4.78, 5) is 22.6. The van der Waals surface area contributed by atoms with Crippen molar-refractivity contribution in [3.8, 4) is 0 Å². The SMILES string of the molecule is CC(C)(C)C1CCC(=NNC(=O)CN(c2cccc([N+](=O)[O-])c2)S(C)(=O)=O)CC1. The van der Waals surface area contributed by atoms with Gasteiger partial charge in [-0.15, -0.1) is 0 Å². The van der Waals surface area contributed by atoms with Crippen LogP contribution in [0.2, 0.25) is 0 Å². The fourth-order valence-electron chi connectivity index (χ4n) is 3.40. The number of rotatable bonds is 6. The predicted octanol–water partition coefficient (Wildman–Crippen LogP) is 3.07. The molecule has 1 aliphatic carbocycles. The molecule has 160 valence electrons. The van der Waals surface area contributed by atoms with Crippen LogP contribution in [0.4, 0.5) is 11.4 Å². The molecule has 1 aromatic rings. The van der Waals surface area contributed by atoms with Crippen LogP contribution < -0.4 is 9.73 Å². The molecule has 1 aliphatic rings. The van der Waals surface area contributed by atoms with Crippen LogP contribution in [0.5, 0.6) is 0 Å². The number of carbonyl (C=O) groups is 1. The minimum Gasteiger partial charge on any atom is -0.271 e. The van der Waals surface area contributed by atoms with Gasteiger partial charge in [-0.05, 0) is 43.1 Å². The number of carbonyl (C=O) groups excluding carboxylic acids is 1. The first-order valence-electron chi connectivity index (χ1n) is 9.44. The number of hydrazone groups is 1. The Bertz CT molecular complexity index is 895. The number of nitrogens with one attached hydrogen (secondary N) is 1. The van der Waals surface area contributed by atoms with E-state index in [0.29, 0.717) is 5.92 Å². The van der Waals surface area contributed by atoms with E-state index in [-0.39, 0.29) is 16.8 Å². The maximum atomic E-state index is 12.3. The molecule has 0 radical (unpaired) electrons. The summed E-state index contributed by atoms with van der Waals surface area (Å²) in [5, 5.41) is 15.1. The van der Waals surface area contributed by atoms with E-state index in [1.54, 1.807) is 0 Å². The van der Waals surface area contributed by atoms with Gasteiger partial charge in [0.15, 0.2) is 0 Å². The summed E-state index contributed by atoms with van der Waals surface area (Å²) in [7, 11) is -3.82. The molecule has 0 bridgehead atoms. The molecule has 0 atom stereocenters. The summed E-state index contributed by atoms with van der Waals surface area (Å²) in [5.41, 5.74) is 3.35. The predicted molar refractivity (Wildman–Crippen MR) is 112 cm³/mol. The molecule has 1 N–H and O–H groups in total. The van der Waals surface area contributed by atoms with E-state index in [2.05, 4.69) is 31.3 Å². The topological polar surface area (TPSA) is 122 Å². The monoisotopic (exact) mass is 424 g/mol. The van der Waals surface area contributed by atoms with Crippen LogP contribution in [-0.4, -0.2) is 37.8 Å². The number of benzene rings is 1. The minimum atomic E-state index is -3.82. The summed E-state index contributed by atoms with van der Waals surface area (Å²) in [6.07, 6.45) is 4.53. The van der Waals surface area contributed by atoms with Gasteiger partial charge in [-0.2, -0.15) is 5.10 Å². The molecule has 0 heterocycles. The standard InChI is InChI=1S/C19H28N4O5S/c1-19(2,3)14-8-10-15(11-9-14)20-21-18(24)13-22(29(4,27)28)16-6-5-7-17(12-16)23(25)26/h5-7,12,14H,8-11,13H2,1-4H3,(H,21,24). The number of non-ortho nitro benzene ring substituents is 1. The van der Waals surface area contributed by atoms with Crippen LogP contribution in [-0.2, 0) is 14.8 Å². The lowest BCUT2D eigenvalue weighted by Crippen LogP contribution is -2.39. The highest BCUT2D eigenvalue weighted by atomic mass is 32.2. The molecule has 10 heteroatoms. The molecule has 1 fully saturated rings. The van der Waals surface area contributed by atoms with E-state index in [1.807, 2.05) is 0 Å². The molecule has 9 nitrogen and oxygen atoms in total. The Morgan fingerprint density at radius 1 is 1.31 bits per heavy atom. The van der Waals surface area contributed by atoms with Gasteiger partial charge in [-0.1, -0.05) is 26.8 Å². The van der Waals surface area contributed by atoms with E-state index >= 15 is 0 Å². The number of hydrogen-bond acceptors (Lipinski definition) is 6. The number of nitro benzene ring substituents is 1. The number of sulfonamides is 1. The summed E-state index contributed by atoms with van der Waals surface area (Å²) in [6, 6.07) is 5.15. The van der Waals surface area contributed by atoms with E-state index in [0.717, 1.165) is 48.0 Å². The third-order valence-electron chi connectivity index (χ3n) is 5.14. The van der Waals surface area contributed by atoms with Crippen LogP contribution in [0.3, 0.4) is 0 Å². The molecule has 0 unspecified atom stereocenters. The van der Waals surface area contributed by atoms with Crippen molar-refractivity contribution in [2.75, 3.05) is 17.1 Å². The Labute approximate surface area is 171 Å². The maximum absolute atomic E-state index is 12.3. The van der Waals surface area contributed by atoms with Gasteiger partial charge in [0.2, 0.25) is 10.0 Å². The molecule has 2 rings (SSSR count). The van der Waals surface area contributed by atoms with E-state index in [9.17, 15) is 23.3 Å². The fourth-order valence-corrected chi connectivity index (χ4v) is 4.25. The third-order valence-corrected chi connectivity index (χ3v) is 6.28. The van der Waals surface area contributed by atoms with Crippen molar-refractivity contribution in [2.45, 2.75) is 46.5 Å². The Kier molecular flexibility index (Phi) is 6.99. The maximum Gasteiger partial charge on any atom is 0.271 e. The lowest BCUT2D eigenvalue weighted by atomic mass is 9.72. The van der Waals surface area contributed by atoms with Crippen LogP contribution in [0.1, 0.15) is 46.5 Å². The fraction of sp³-hybridized carbons (Fsp3) is 0.579. The van der Waals surface area contributed by atoms with Gasteiger partial charge in [0.05, 0.1) is 16.9 Å². The highest BCUT2D eigenvalue weighted by Crippen LogP contribution is 2.36. The first-order chi connectivity index (χ1) is 13.4. The molecule has 1 amide bonds. The highest BCUT2D eigenvalue weighted by molar-refractivity contribution is 7.92. The molecule has 0 aliphatic heterocycles. The number of nitro groups is 1. The number of nitrogens with zero attached hydrogens (tertiary/aromatic N) is 3. The van der Waals surface area contributed by atoms with Gasteiger partial charge in [0, 0.05) is 17.8 Å². The average Bonchev–Trinajstić information content (AvgIpc) is 2.63. The zero-order chi connectivity index (χ0) is 21.8. The molecule has 0 aromatic heterocycles.